The molecule has 0 spiro atoms. The molecule has 4 rings (SSSR count). The van der Waals surface area contributed by atoms with Gasteiger partial charge in [-0.05, 0) is 67.0 Å². The lowest BCUT2D eigenvalue weighted by Crippen LogP contribution is -2.37. The van der Waals surface area contributed by atoms with E-state index in [1.165, 1.54) is 27.8 Å². The molecule has 0 atom stereocenters. The first-order chi connectivity index (χ1) is 14.5. The molecule has 30 heavy (non-hydrogen) atoms. The van der Waals surface area contributed by atoms with Gasteiger partial charge >= 0.3 is 0 Å². The number of carbonyl (C=O) groups excluding carboxylic acids is 1. The van der Waals surface area contributed by atoms with Crippen LogP contribution in [0, 0.1) is 18.3 Å². The lowest BCUT2D eigenvalue weighted by atomic mass is 9.87. The van der Waals surface area contributed by atoms with Crippen LogP contribution in [-0.2, 0) is 4.79 Å². The van der Waals surface area contributed by atoms with Gasteiger partial charge in [0.05, 0.1) is 11.8 Å². The van der Waals surface area contributed by atoms with Crippen molar-refractivity contribution in [1.29, 1.82) is 5.26 Å². The summed E-state index contributed by atoms with van der Waals surface area (Å²) < 4.78 is 0. The number of aromatic amines is 1. The Balaban J connectivity index is 1.66. The van der Waals surface area contributed by atoms with Crippen molar-refractivity contribution in [2.75, 3.05) is 13.1 Å². The predicted octanol–water partition coefficient (Wildman–Crippen LogP) is 5.28. The fourth-order valence-electron chi connectivity index (χ4n) is 4.65. The molecule has 1 amide bonds. The van der Waals surface area contributed by atoms with Crippen molar-refractivity contribution < 1.29 is 4.79 Å². The van der Waals surface area contributed by atoms with Gasteiger partial charge in [-0.1, -0.05) is 19.9 Å². The molecule has 1 aliphatic rings. The van der Waals surface area contributed by atoms with Crippen LogP contribution in [0.5, 0.6) is 0 Å². The highest BCUT2D eigenvalue weighted by molar-refractivity contribution is 5.92. The summed E-state index contributed by atoms with van der Waals surface area (Å²) in [6.45, 7) is 7.97. The molecule has 2 aromatic heterocycles. The number of hydrogen-bond acceptors (Lipinski definition) is 3. The Hall–Kier alpha value is -3.13. The van der Waals surface area contributed by atoms with Crippen LogP contribution in [0.15, 0.2) is 36.5 Å². The van der Waals surface area contributed by atoms with E-state index in [0.29, 0.717) is 11.8 Å². The van der Waals surface area contributed by atoms with Gasteiger partial charge < -0.3 is 9.88 Å². The van der Waals surface area contributed by atoms with Crippen LogP contribution < -0.4 is 0 Å². The second-order valence-electron chi connectivity index (χ2n) is 8.55. The number of amides is 1. The van der Waals surface area contributed by atoms with Crippen LogP contribution in [-0.4, -0.2) is 33.9 Å². The number of pyridine rings is 1. The molecule has 0 unspecified atom stereocenters. The van der Waals surface area contributed by atoms with Gasteiger partial charge in [0.25, 0.3) is 0 Å². The lowest BCUT2D eigenvalue weighted by Gasteiger charge is -2.32. The molecule has 1 aliphatic heterocycles. The fourth-order valence-corrected chi connectivity index (χ4v) is 4.65. The van der Waals surface area contributed by atoms with Crippen LogP contribution in [0.2, 0.25) is 0 Å². The summed E-state index contributed by atoms with van der Waals surface area (Å²) in [6.07, 6.45) is 3.74. The third-order valence-electron chi connectivity index (χ3n) is 6.17. The SMILES string of the molecule is Cc1cc(-c2[nH]c3ccc(C4CCN(C(=O)CC#N)CC4)cc3c2C(C)C)ccn1. The maximum atomic E-state index is 12.0. The third kappa shape index (κ3) is 3.82. The van der Waals surface area contributed by atoms with Gasteiger partial charge in [-0.15, -0.1) is 0 Å². The van der Waals surface area contributed by atoms with E-state index in [4.69, 9.17) is 5.26 Å². The monoisotopic (exact) mass is 400 g/mol. The second kappa shape index (κ2) is 8.31. The summed E-state index contributed by atoms with van der Waals surface area (Å²) in [4.78, 5) is 21.8. The van der Waals surface area contributed by atoms with Crippen molar-refractivity contribution >= 4 is 16.8 Å². The number of H-pyrrole nitrogens is 1. The van der Waals surface area contributed by atoms with Gasteiger partial charge in [-0.2, -0.15) is 5.26 Å². The summed E-state index contributed by atoms with van der Waals surface area (Å²) in [7, 11) is 0. The second-order valence-corrected chi connectivity index (χ2v) is 8.55. The number of rotatable bonds is 4. The molecular weight excluding hydrogens is 372 g/mol. The van der Waals surface area contributed by atoms with Crippen molar-refractivity contribution in [2.24, 2.45) is 0 Å². The van der Waals surface area contributed by atoms with Crippen LogP contribution in [0.1, 0.15) is 61.8 Å². The van der Waals surface area contributed by atoms with Gasteiger partial charge in [-0.3, -0.25) is 9.78 Å². The van der Waals surface area contributed by atoms with Crippen LogP contribution >= 0.6 is 0 Å². The Morgan fingerprint density at radius 2 is 2.03 bits per heavy atom. The first kappa shape index (κ1) is 20.2. The number of aromatic nitrogens is 2. The third-order valence-corrected chi connectivity index (χ3v) is 6.17. The van der Waals surface area contributed by atoms with E-state index < -0.39 is 0 Å². The van der Waals surface area contributed by atoms with Gasteiger partial charge in [-0.25, -0.2) is 0 Å². The molecule has 3 heterocycles. The van der Waals surface area contributed by atoms with E-state index >= 15 is 0 Å². The number of carbonyl (C=O) groups is 1. The van der Waals surface area contributed by atoms with Crippen molar-refractivity contribution in [3.05, 3.63) is 53.3 Å². The molecule has 1 aromatic carbocycles. The normalized spacial score (nSPS) is 15.0. The van der Waals surface area contributed by atoms with E-state index in [9.17, 15) is 4.79 Å². The number of fused-ring (bicyclic) bond motifs is 1. The van der Waals surface area contributed by atoms with Gasteiger partial charge in [0.15, 0.2) is 0 Å². The zero-order valence-corrected chi connectivity index (χ0v) is 17.9. The minimum atomic E-state index is -0.0450. The standard InChI is InChI=1S/C25H28N4O/c1-16(2)24-21-15-19(18-8-12-29(13-9-18)23(30)6-10-26)4-5-22(21)28-25(24)20-7-11-27-17(3)14-20/h4-5,7,11,14-16,18,28H,6,8-9,12-13H2,1-3H3. The quantitative estimate of drug-likeness (QED) is 0.647. The summed E-state index contributed by atoms with van der Waals surface area (Å²) >= 11 is 0. The number of nitrogens with zero attached hydrogens (tertiary/aromatic N) is 3. The highest BCUT2D eigenvalue weighted by Crippen LogP contribution is 2.38. The summed E-state index contributed by atoms with van der Waals surface area (Å²) in [5.41, 5.74) is 7.22. The molecule has 5 heteroatoms. The number of piperidine rings is 1. The van der Waals surface area contributed by atoms with Crippen molar-refractivity contribution in [1.82, 2.24) is 14.9 Å². The van der Waals surface area contributed by atoms with E-state index in [0.717, 1.165) is 37.1 Å². The van der Waals surface area contributed by atoms with Crippen LogP contribution in [0.3, 0.4) is 0 Å². The lowest BCUT2D eigenvalue weighted by molar-refractivity contribution is -0.131. The highest BCUT2D eigenvalue weighted by Gasteiger charge is 2.25. The van der Waals surface area contributed by atoms with Crippen LogP contribution in [0.4, 0.5) is 0 Å². The van der Waals surface area contributed by atoms with E-state index in [2.05, 4.69) is 54.1 Å². The molecule has 0 saturated carbocycles. The summed E-state index contributed by atoms with van der Waals surface area (Å²) in [5, 5.41) is 10.1. The zero-order valence-electron chi connectivity index (χ0n) is 17.9. The molecule has 0 aliphatic carbocycles. The van der Waals surface area contributed by atoms with Crippen molar-refractivity contribution in [3.8, 4) is 17.3 Å². The number of nitriles is 1. The average molecular weight is 401 g/mol. The Kier molecular flexibility index (Phi) is 5.59. The predicted molar refractivity (Wildman–Crippen MR) is 119 cm³/mol. The molecule has 0 bridgehead atoms. The van der Waals surface area contributed by atoms with E-state index in [-0.39, 0.29) is 12.3 Å². The van der Waals surface area contributed by atoms with Gasteiger partial charge in [0.2, 0.25) is 5.91 Å². The number of likely N-dealkylation sites (tertiary alicyclic amines) is 1. The molecule has 1 fully saturated rings. The maximum absolute atomic E-state index is 12.0. The Morgan fingerprint density at radius 1 is 1.27 bits per heavy atom. The zero-order chi connectivity index (χ0) is 21.3. The topological polar surface area (TPSA) is 72.8 Å². The Bertz CT molecular complexity index is 1110. The van der Waals surface area contributed by atoms with E-state index in [1.54, 1.807) is 0 Å². The Labute approximate surface area is 177 Å². The smallest absolute Gasteiger partial charge is 0.236 e. The van der Waals surface area contributed by atoms with E-state index in [1.807, 2.05) is 24.1 Å². The first-order valence-electron chi connectivity index (χ1n) is 10.7. The molecule has 1 N–H and O–H groups in total. The first-order valence-corrected chi connectivity index (χ1v) is 10.7. The molecule has 5 nitrogen and oxygen atoms in total. The highest BCUT2D eigenvalue weighted by atomic mass is 16.2. The molecule has 0 radical (unpaired) electrons. The molecule has 1 saturated heterocycles. The molecule has 3 aromatic rings. The van der Waals surface area contributed by atoms with Gasteiger partial charge in [0, 0.05) is 41.4 Å². The number of aryl methyl sites for hydroxylation is 1. The molecular formula is C25H28N4O. The summed E-state index contributed by atoms with van der Waals surface area (Å²) in [5.74, 6) is 0.793. The number of benzene rings is 1. The average Bonchev–Trinajstić information content (AvgIpc) is 3.13. The van der Waals surface area contributed by atoms with Crippen molar-refractivity contribution in [2.45, 2.75) is 51.9 Å². The van der Waals surface area contributed by atoms with Crippen LogP contribution in [0.25, 0.3) is 22.2 Å². The fraction of sp³-hybridized carbons (Fsp3) is 0.400. The largest absolute Gasteiger partial charge is 0.354 e. The number of hydrogen-bond donors (Lipinski definition) is 1. The number of nitrogens with one attached hydrogen (secondary N) is 1. The van der Waals surface area contributed by atoms with Crippen molar-refractivity contribution in [3.63, 3.8) is 0 Å². The minimum Gasteiger partial charge on any atom is -0.354 e. The Morgan fingerprint density at radius 3 is 2.70 bits per heavy atom. The summed E-state index contributed by atoms with van der Waals surface area (Å²) in [6, 6.07) is 12.9. The van der Waals surface area contributed by atoms with Gasteiger partial charge in [0.1, 0.15) is 6.42 Å². The molecule has 154 valence electrons. The minimum absolute atomic E-state index is 0.0189. The maximum Gasteiger partial charge on any atom is 0.236 e.